The van der Waals surface area contributed by atoms with E-state index in [2.05, 4.69) is 19.4 Å². The van der Waals surface area contributed by atoms with E-state index >= 15 is 0 Å². The van der Waals surface area contributed by atoms with Crippen LogP contribution in [0.25, 0.3) is 11.3 Å². The highest BCUT2D eigenvalue weighted by Crippen LogP contribution is 2.27. The van der Waals surface area contributed by atoms with Crippen LogP contribution in [0.5, 0.6) is 5.75 Å². The van der Waals surface area contributed by atoms with Crippen LogP contribution in [0.1, 0.15) is 44.0 Å². The monoisotopic (exact) mass is 598 g/mol. The number of esters is 2. The van der Waals surface area contributed by atoms with E-state index in [1.165, 1.54) is 25.4 Å². The quantitative estimate of drug-likeness (QED) is 0.0938. The highest BCUT2D eigenvalue weighted by atomic mass is 32.2. The zero-order chi connectivity index (χ0) is 30.2. The van der Waals surface area contributed by atoms with E-state index in [-0.39, 0.29) is 36.4 Å². The van der Waals surface area contributed by atoms with Crippen LogP contribution >= 0.6 is 0 Å². The maximum atomic E-state index is 13.1. The molecular formula is C25H25F3N4O8S. The first kappa shape index (κ1) is 31.2. The van der Waals surface area contributed by atoms with Gasteiger partial charge in [0.15, 0.2) is 0 Å². The maximum Gasteiger partial charge on any atom is 0.491 e. The van der Waals surface area contributed by atoms with Crippen LogP contribution in [0.2, 0.25) is 0 Å². The van der Waals surface area contributed by atoms with Crippen molar-refractivity contribution in [2.75, 3.05) is 7.11 Å². The number of nitro benzene ring substituents is 1. The first-order chi connectivity index (χ1) is 19.3. The summed E-state index contributed by atoms with van der Waals surface area (Å²) in [6.45, 7) is 0. The number of hydrogen-bond donors (Lipinski definition) is 2. The van der Waals surface area contributed by atoms with Crippen molar-refractivity contribution in [1.82, 2.24) is 14.7 Å². The van der Waals surface area contributed by atoms with Crippen molar-refractivity contribution in [3.8, 4) is 17.0 Å². The van der Waals surface area contributed by atoms with Gasteiger partial charge in [-0.25, -0.2) is 22.9 Å². The molecule has 0 unspecified atom stereocenters. The van der Waals surface area contributed by atoms with Gasteiger partial charge in [0.1, 0.15) is 11.6 Å². The number of unbranched alkanes of at least 4 members (excludes halogenated alkanes) is 2. The van der Waals surface area contributed by atoms with Crippen LogP contribution in [0.15, 0.2) is 59.6 Å². The number of aromatic nitrogens is 2. The van der Waals surface area contributed by atoms with Gasteiger partial charge in [-0.15, -0.1) is 0 Å². The summed E-state index contributed by atoms with van der Waals surface area (Å²) in [6.07, 6.45) is -3.48. The van der Waals surface area contributed by atoms with Crippen LogP contribution in [-0.2, 0) is 24.3 Å². The molecule has 1 heterocycles. The van der Waals surface area contributed by atoms with E-state index in [4.69, 9.17) is 4.74 Å². The second-order valence-corrected chi connectivity index (χ2v) is 10.4. The number of hydrogen-bond acceptors (Lipinski definition) is 9. The number of carbonyl (C=O) groups is 2. The normalized spacial score (nSPS) is 12.5. The molecule has 0 spiro atoms. The first-order valence-electron chi connectivity index (χ1n) is 12.1. The minimum atomic E-state index is -5.29. The molecule has 16 heteroatoms. The third kappa shape index (κ3) is 8.84. The van der Waals surface area contributed by atoms with Gasteiger partial charge in [0.25, 0.3) is 5.69 Å². The Morgan fingerprint density at radius 1 is 1.12 bits per heavy atom. The van der Waals surface area contributed by atoms with Crippen molar-refractivity contribution in [2.45, 2.75) is 49.2 Å². The molecule has 0 saturated heterocycles. The van der Waals surface area contributed by atoms with E-state index in [1.807, 2.05) is 0 Å². The Balaban J connectivity index is 1.74. The summed E-state index contributed by atoms with van der Waals surface area (Å²) in [6, 6.07) is 10.6. The fourth-order valence-electron chi connectivity index (χ4n) is 3.73. The molecule has 1 atom stereocenters. The minimum absolute atomic E-state index is 0.0710. The number of non-ortho nitro benzene ring substituents is 1. The summed E-state index contributed by atoms with van der Waals surface area (Å²) in [5.74, 6) is -3.11. The highest BCUT2D eigenvalue weighted by Gasteiger charge is 2.42. The van der Waals surface area contributed by atoms with Crippen molar-refractivity contribution >= 4 is 27.6 Å². The number of nitrogens with one attached hydrogen (secondary N) is 2. The molecule has 1 aromatic heterocycles. The third-order valence-corrected chi connectivity index (χ3v) is 7.22. The molecule has 41 heavy (non-hydrogen) atoms. The van der Waals surface area contributed by atoms with Gasteiger partial charge in [-0.3, -0.25) is 14.9 Å². The van der Waals surface area contributed by atoms with E-state index in [1.54, 1.807) is 24.3 Å². The molecular weight excluding hydrogens is 573 g/mol. The lowest BCUT2D eigenvalue weighted by Gasteiger charge is -2.17. The van der Waals surface area contributed by atoms with Gasteiger partial charge in [-0.2, -0.15) is 13.2 Å². The lowest BCUT2D eigenvalue weighted by molar-refractivity contribution is -0.385. The number of aromatic amines is 1. The van der Waals surface area contributed by atoms with E-state index < -0.39 is 51.2 Å². The van der Waals surface area contributed by atoms with Gasteiger partial charge in [-0.05, 0) is 31.0 Å². The minimum Gasteiger partial charge on any atom is -0.497 e. The standard InChI is InChI=1S/C25H25F3N4O8S/c1-39-18-9-5-7-16(13-18)21-15-29-23(30-21)20(11-3-2-4-12-22(33)40-24(34)25(26,27)28)31-41(37,38)19-10-6-8-17(14-19)32(35)36/h5-10,13-15,20,31H,2-4,11-12H2,1H3,(H,29,30)/t20-/m0/s1. The Kier molecular flexibility index (Phi) is 10.2. The van der Waals surface area contributed by atoms with Gasteiger partial charge in [0.05, 0.1) is 34.9 Å². The van der Waals surface area contributed by atoms with Crippen molar-refractivity contribution in [2.24, 2.45) is 0 Å². The second kappa shape index (κ2) is 13.4. The predicted octanol–water partition coefficient (Wildman–Crippen LogP) is 4.60. The van der Waals surface area contributed by atoms with Crippen molar-refractivity contribution in [1.29, 1.82) is 0 Å². The number of alkyl halides is 3. The number of nitro groups is 1. The fourth-order valence-corrected chi connectivity index (χ4v) is 5.00. The smallest absolute Gasteiger partial charge is 0.491 e. The van der Waals surface area contributed by atoms with Gasteiger partial charge >= 0.3 is 18.1 Å². The van der Waals surface area contributed by atoms with Crippen LogP contribution in [-0.4, -0.2) is 48.5 Å². The number of halogens is 3. The van der Waals surface area contributed by atoms with Gasteiger partial charge in [0, 0.05) is 24.1 Å². The van der Waals surface area contributed by atoms with Gasteiger partial charge < -0.3 is 14.5 Å². The lowest BCUT2D eigenvalue weighted by atomic mass is 10.1. The fraction of sp³-hybridized carbons (Fsp3) is 0.320. The van der Waals surface area contributed by atoms with E-state index in [9.17, 15) is 41.3 Å². The van der Waals surface area contributed by atoms with Gasteiger partial charge in [-0.1, -0.05) is 31.0 Å². The number of sulfonamides is 1. The maximum absolute atomic E-state index is 13.1. The molecule has 0 aliphatic carbocycles. The number of imidazole rings is 1. The van der Waals surface area contributed by atoms with Crippen molar-refractivity contribution < 1.29 is 45.6 Å². The van der Waals surface area contributed by atoms with Crippen LogP contribution in [0.3, 0.4) is 0 Å². The average molecular weight is 599 g/mol. The zero-order valence-corrected chi connectivity index (χ0v) is 22.3. The molecule has 0 bridgehead atoms. The average Bonchev–Trinajstić information content (AvgIpc) is 3.42. The number of carbonyl (C=O) groups excluding carboxylic acids is 2. The number of ether oxygens (including phenoxy) is 2. The summed E-state index contributed by atoms with van der Waals surface area (Å²) in [7, 11) is -2.76. The molecule has 0 fully saturated rings. The van der Waals surface area contributed by atoms with Crippen LogP contribution in [0.4, 0.5) is 18.9 Å². The van der Waals surface area contributed by atoms with Crippen LogP contribution < -0.4 is 9.46 Å². The second-order valence-electron chi connectivity index (χ2n) is 8.70. The molecule has 2 N–H and O–H groups in total. The molecule has 12 nitrogen and oxygen atoms in total. The molecule has 0 saturated carbocycles. The number of rotatable bonds is 13. The number of nitrogens with zero attached hydrogens (tertiary/aromatic N) is 2. The van der Waals surface area contributed by atoms with Gasteiger partial charge in [0.2, 0.25) is 10.0 Å². The zero-order valence-electron chi connectivity index (χ0n) is 21.5. The third-order valence-electron chi connectivity index (χ3n) is 5.75. The summed E-state index contributed by atoms with van der Waals surface area (Å²) in [5, 5.41) is 11.1. The first-order valence-corrected chi connectivity index (χ1v) is 13.6. The molecule has 2 aromatic carbocycles. The highest BCUT2D eigenvalue weighted by molar-refractivity contribution is 7.89. The van der Waals surface area contributed by atoms with Crippen molar-refractivity contribution in [3.05, 3.63) is 70.7 Å². The largest absolute Gasteiger partial charge is 0.497 e. The topological polar surface area (TPSA) is 171 Å². The molecule has 0 aliphatic rings. The Bertz CT molecular complexity index is 1510. The number of methoxy groups -OCH3 is 1. The SMILES string of the molecule is COc1cccc(-c2cnc([C@H](CCCCCC(=O)OC(=O)C(F)(F)F)NS(=O)(=O)c3cccc([N+](=O)[O-])c3)[nH]2)c1. The molecule has 3 aromatic rings. The molecule has 3 rings (SSSR count). The lowest BCUT2D eigenvalue weighted by Crippen LogP contribution is -2.29. The van der Waals surface area contributed by atoms with E-state index in [0.717, 1.165) is 12.1 Å². The van der Waals surface area contributed by atoms with Crippen LogP contribution in [0, 0.1) is 10.1 Å². The Hall–Kier alpha value is -4.31. The molecule has 0 amide bonds. The summed E-state index contributed by atoms with van der Waals surface area (Å²) in [5.41, 5.74) is 0.837. The Morgan fingerprint density at radius 3 is 2.54 bits per heavy atom. The van der Waals surface area contributed by atoms with E-state index in [0.29, 0.717) is 17.0 Å². The molecule has 220 valence electrons. The number of benzene rings is 2. The summed E-state index contributed by atoms with van der Waals surface area (Å²) in [4.78, 5) is 39.7. The molecule has 0 radical (unpaired) electrons. The van der Waals surface area contributed by atoms with Crippen molar-refractivity contribution in [3.63, 3.8) is 0 Å². The predicted molar refractivity (Wildman–Crippen MR) is 137 cm³/mol. The Morgan fingerprint density at radius 2 is 1.85 bits per heavy atom. The Labute approximate surface area is 232 Å². The number of H-pyrrole nitrogens is 1. The summed E-state index contributed by atoms with van der Waals surface area (Å²) < 4.78 is 74.4. The molecule has 0 aliphatic heterocycles. The summed E-state index contributed by atoms with van der Waals surface area (Å²) >= 11 is 0.